The highest BCUT2D eigenvalue weighted by Crippen LogP contribution is 2.42. The maximum absolute atomic E-state index is 13.9. The predicted octanol–water partition coefficient (Wildman–Crippen LogP) is 6.80. The topological polar surface area (TPSA) is 61.8 Å². The largest absolute Gasteiger partial charge is 0.457 e. The monoisotopic (exact) mass is 494 g/mol. The predicted molar refractivity (Wildman–Crippen MR) is 143 cm³/mol. The number of esters is 1. The summed E-state index contributed by atoms with van der Waals surface area (Å²) in [5.41, 5.74) is 5.90. The number of rotatable bonds is 2. The lowest BCUT2D eigenvalue weighted by Gasteiger charge is -2.30. The number of ketones is 1. The third-order valence-electron chi connectivity index (χ3n) is 7.26. The van der Waals surface area contributed by atoms with E-state index in [1.54, 1.807) is 6.92 Å². The number of carbonyl (C=O) groups excluding carboxylic acids is 2. The first kappa shape index (κ1) is 28.1. The molecule has 0 unspecified atom stereocenters. The molecule has 5 heteroatoms. The molecule has 0 saturated carbocycles. The minimum Gasteiger partial charge on any atom is -0.457 e. The van der Waals surface area contributed by atoms with Gasteiger partial charge in [0, 0.05) is 12.0 Å². The van der Waals surface area contributed by atoms with Gasteiger partial charge >= 0.3 is 5.97 Å². The lowest BCUT2D eigenvalue weighted by molar-refractivity contribution is -0.163. The summed E-state index contributed by atoms with van der Waals surface area (Å²) in [6.07, 6.45) is 4.86. The van der Waals surface area contributed by atoms with Crippen LogP contribution in [0.15, 0.2) is 47.6 Å². The van der Waals surface area contributed by atoms with Crippen LogP contribution in [-0.2, 0) is 23.8 Å². The molecule has 1 saturated heterocycles. The van der Waals surface area contributed by atoms with E-state index >= 15 is 0 Å². The first-order valence-corrected chi connectivity index (χ1v) is 13.0. The van der Waals surface area contributed by atoms with Crippen molar-refractivity contribution < 1.29 is 23.8 Å². The van der Waals surface area contributed by atoms with E-state index in [0.717, 1.165) is 45.4 Å². The second-order valence-corrected chi connectivity index (χ2v) is 10.9. The molecule has 1 fully saturated rings. The fourth-order valence-electron chi connectivity index (χ4n) is 5.68. The van der Waals surface area contributed by atoms with Gasteiger partial charge in [-0.15, -0.1) is 0 Å². The molecule has 0 aliphatic carbocycles. The zero-order valence-corrected chi connectivity index (χ0v) is 23.2. The smallest absolute Gasteiger partial charge is 0.316 e. The molecule has 36 heavy (non-hydrogen) atoms. The van der Waals surface area contributed by atoms with Gasteiger partial charge in [-0.1, -0.05) is 61.4 Å². The molecular formula is C31H42O5. The van der Waals surface area contributed by atoms with E-state index in [-0.39, 0.29) is 18.3 Å². The molecule has 2 aliphatic rings. The normalized spacial score (nSPS) is 33.5. The van der Waals surface area contributed by atoms with Crippen molar-refractivity contribution >= 4 is 11.8 Å². The number of ether oxygens (including phenoxy) is 3. The van der Waals surface area contributed by atoms with Crippen molar-refractivity contribution in [2.24, 2.45) is 11.8 Å². The summed E-state index contributed by atoms with van der Waals surface area (Å²) in [5, 5.41) is 0. The lowest BCUT2D eigenvalue weighted by atomic mass is 9.84. The molecule has 0 N–H and O–H groups in total. The number of hydrogen-bond donors (Lipinski definition) is 0. The van der Waals surface area contributed by atoms with Crippen LogP contribution in [0, 0.1) is 32.6 Å². The average molecular weight is 495 g/mol. The van der Waals surface area contributed by atoms with Crippen LogP contribution in [0.1, 0.15) is 82.4 Å². The van der Waals surface area contributed by atoms with Gasteiger partial charge in [0.15, 0.2) is 17.7 Å². The van der Waals surface area contributed by atoms with Gasteiger partial charge in [0.2, 0.25) is 0 Å². The van der Waals surface area contributed by atoms with Crippen molar-refractivity contribution in [1.82, 2.24) is 0 Å². The molecule has 1 aromatic rings. The minimum atomic E-state index is -1.26. The standard InChI is InChI=1S/C31H42O5/c1-10-26-22(6)13-19(3)11-18(2)12-21(5)16-31(28(32)25(9)29(33)35-26)17-34-30(36-31)27-23(7)14-20(4)15-24(27)8/h12-15,18,25-26,30H,3,10-11,16-17H2,1-2,4-9H3/b21-12+,22-13+/t18-,25+,26-,30-,31-/m0/s1. The van der Waals surface area contributed by atoms with Crippen LogP contribution in [0.4, 0.5) is 0 Å². The summed E-state index contributed by atoms with van der Waals surface area (Å²) in [6.45, 7) is 20.1. The first-order valence-electron chi connectivity index (χ1n) is 13.0. The van der Waals surface area contributed by atoms with Gasteiger partial charge in [-0.3, -0.25) is 9.59 Å². The number of aryl methyl sites for hydroxylation is 3. The molecule has 2 aliphatic heterocycles. The van der Waals surface area contributed by atoms with Crippen LogP contribution >= 0.6 is 0 Å². The SMILES string of the molecule is C=C1/C=C(\C)[C@H](CC)OC(=O)[C@H](C)C(=O)[C@@]2(CO[C@H](c3c(C)cc(C)cc3C)O2)C/C(C)=C/[C@@H](C)C1. The van der Waals surface area contributed by atoms with Crippen LogP contribution < -0.4 is 0 Å². The van der Waals surface area contributed by atoms with E-state index in [1.165, 1.54) is 0 Å². The number of cyclic esters (lactones) is 1. The third-order valence-corrected chi connectivity index (χ3v) is 7.26. The Morgan fingerprint density at radius 3 is 2.31 bits per heavy atom. The second-order valence-electron chi connectivity index (χ2n) is 10.9. The molecule has 5 nitrogen and oxygen atoms in total. The maximum atomic E-state index is 13.9. The minimum absolute atomic E-state index is 0.0866. The van der Waals surface area contributed by atoms with E-state index in [4.69, 9.17) is 14.2 Å². The van der Waals surface area contributed by atoms with Crippen molar-refractivity contribution in [2.75, 3.05) is 6.61 Å². The van der Waals surface area contributed by atoms with Gasteiger partial charge in [0.25, 0.3) is 0 Å². The Balaban J connectivity index is 2.02. The molecule has 0 amide bonds. The van der Waals surface area contributed by atoms with Gasteiger partial charge < -0.3 is 14.2 Å². The highest BCUT2D eigenvalue weighted by Gasteiger charge is 2.51. The van der Waals surface area contributed by atoms with E-state index in [2.05, 4.69) is 38.6 Å². The lowest BCUT2D eigenvalue weighted by Crippen LogP contribution is -2.47. The Morgan fingerprint density at radius 1 is 1.06 bits per heavy atom. The summed E-state index contributed by atoms with van der Waals surface area (Å²) in [4.78, 5) is 27.1. The molecule has 196 valence electrons. The second kappa shape index (κ2) is 11.3. The molecule has 1 aromatic carbocycles. The average Bonchev–Trinajstić information content (AvgIpc) is 3.18. The molecule has 2 heterocycles. The molecule has 1 spiro atoms. The van der Waals surface area contributed by atoms with Crippen molar-refractivity contribution in [3.05, 3.63) is 69.8 Å². The van der Waals surface area contributed by atoms with Crippen LogP contribution in [-0.4, -0.2) is 30.1 Å². The van der Waals surface area contributed by atoms with Crippen molar-refractivity contribution in [2.45, 2.75) is 92.6 Å². The van der Waals surface area contributed by atoms with Gasteiger partial charge in [0.1, 0.15) is 12.0 Å². The fourth-order valence-corrected chi connectivity index (χ4v) is 5.68. The summed E-state index contributed by atoms with van der Waals surface area (Å²) in [5.74, 6) is -1.58. The van der Waals surface area contributed by atoms with Crippen LogP contribution in [0.5, 0.6) is 0 Å². The number of carbonyl (C=O) groups is 2. The Bertz CT molecular complexity index is 1070. The quantitative estimate of drug-likeness (QED) is 0.257. The molecule has 0 bridgehead atoms. The summed E-state index contributed by atoms with van der Waals surface area (Å²) in [6, 6.07) is 4.19. The summed E-state index contributed by atoms with van der Waals surface area (Å²) < 4.78 is 18.5. The Hall–Kier alpha value is -2.50. The van der Waals surface area contributed by atoms with E-state index in [9.17, 15) is 9.59 Å². The van der Waals surface area contributed by atoms with Crippen molar-refractivity contribution in [1.29, 1.82) is 0 Å². The van der Waals surface area contributed by atoms with E-state index in [1.807, 2.05) is 40.7 Å². The molecule has 3 rings (SSSR count). The maximum Gasteiger partial charge on any atom is 0.316 e. The molecule has 0 radical (unpaired) electrons. The van der Waals surface area contributed by atoms with Crippen LogP contribution in [0.25, 0.3) is 0 Å². The van der Waals surface area contributed by atoms with Gasteiger partial charge in [-0.05, 0) is 77.0 Å². The first-order chi connectivity index (χ1) is 16.9. The molecule has 5 atom stereocenters. The highest BCUT2D eigenvalue weighted by atomic mass is 16.7. The number of benzene rings is 1. The van der Waals surface area contributed by atoms with Crippen LogP contribution in [0.2, 0.25) is 0 Å². The van der Waals surface area contributed by atoms with Crippen molar-refractivity contribution in [3.8, 4) is 0 Å². The molecular weight excluding hydrogens is 452 g/mol. The summed E-state index contributed by atoms with van der Waals surface area (Å²) in [7, 11) is 0. The van der Waals surface area contributed by atoms with Gasteiger partial charge in [-0.25, -0.2) is 0 Å². The van der Waals surface area contributed by atoms with Gasteiger partial charge in [-0.2, -0.15) is 0 Å². The zero-order valence-electron chi connectivity index (χ0n) is 23.2. The summed E-state index contributed by atoms with van der Waals surface area (Å²) >= 11 is 0. The number of Topliss-reactive ketones (excluding diaryl/α,β-unsaturated/α-hetero) is 1. The Labute approximate surface area is 216 Å². The molecule has 0 aromatic heterocycles. The van der Waals surface area contributed by atoms with E-state index in [0.29, 0.717) is 12.8 Å². The van der Waals surface area contributed by atoms with Gasteiger partial charge in [0.05, 0.1) is 6.61 Å². The Morgan fingerprint density at radius 2 is 1.69 bits per heavy atom. The zero-order chi connectivity index (χ0) is 26.8. The van der Waals surface area contributed by atoms with Crippen LogP contribution in [0.3, 0.4) is 0 Å². The number of hydrogen-bond acceptors (Lipinski definition) is 5. The number of allylic oxidation sites excluding steroid dienone is 3. The van der Waals surface area contributed by atoms with Crippen molar-refractivity contribution in [3.63, 3.8) is 0 Å². The van der Waals surface area contributed by atoms with E-state index < -0.39 is 29.9 Å². The Kier molecular flexibility index (Phi) is 8.79. The highest BCUT2D eigenvalue weighted by molar-refractivity contribution is 6.03. The third kappa shape index (κ3) is 6.07. The fraction of sp³-hybridized carbons (Fsp3) is 0.548.